The molecule has 0 aliphatic heterocycles. The lowest BCUT2D eigenvalue weighted by Gasteiger charge is -2.35. The largest absolute Gasteiger partial charge is 0.465 e. The highest BCUT2D eigenvalue weighted by molar-refractivity contribution is 5.77. The fourth-order valence-electron chi connectivity index (χ4n) is 1.77. The molecule has 0 amide bonds. The van der Waals surface area contributed by atoms with Crippen molar-refractivity contribution in [2.75, 3.05) is 6.61 Å². The van der Waals surface area contributed by atoms with Crippen molar-refractivity contribution in [3.8, 4) is 0 Å². The van der Waals surface area contributed by atoms with E-state index in [1.807, 2.05) is 41.5 Å². The zero-order valence-electron chi connectivity index (χ0n) is 12.3. The Kier molecular flexibility index (Phi) is 6.77. The number of azide groups is 1. The number of carbonyl (C=O) groups excluding carboxylic acids is 1. The number of ether oxygens (including phenoxy) is 1. The average molecular weight is 255 g/mol. The summed E-state index contributed by atoms with van der Waals surface area (Å²) in [5, 5.41) is 3.59. The number of hydrogen-bond acceptors (Lipinski definition) is 3. The Bertz CT molecular complexity index is 312. The van der Waals surface area contributed by atoms with E-state index in [2.05, 4.69) is 10.0 Å². The van der Waals surface area contributed by atoms with Crippen molar-refractivity contribution >= 4 is 5.97 Å². The van der Waals surface area contributed by atoms with Crippen LogP contribution >= 0.6 is 0 Å². The molecule has 0 fully saturated rings. The monoisotopic (exact) mass is 255 g/mol. The van der Waals surface area contributed by atoms with E-state index in [0.29, 0.717) is 6.42 Å². The van der Waals surface area contributed by atoms with E-state index in [1.165, 1.54) is 0 Å². The Labute approximate surface area is 110 Å². The smallest absolute Gasteiger partial charge is 0.312 e. The molecule has 104 valence electrons. The third-order valence-corrected chi connectivity index (χ3v) is 3.93. The molecule has 0 saturated heterocycles. The fraction of sp³-hybridized carbons (Fsp3) is 0.923. The first-order valence-corrected chi connectivity index (χ1v) is 6.52. The highest BCUT2D eigenvalue weighted by atomic mass is 16.5. The number of hydrogen-bond donors (Lipinski definition) is 0. The maximum Gasteiger partial charge on any atom is 0.312 e. The van der Waals surface area contributed by atoms with Gasteiger partial charge in [0.05, 0.1) is 18.1 Å². The van der Waals surface area contributed by atoms with Crippen LogP contribution in [0.5, 0.6) is 0 Å². The molecule has 5 nitrogen and oxygen atoms in total. The van der Waals surface area contributed by atoms with E-state index in [0.717, 1.165) is 0 Å². The lowest BCUT2D eigenvalue weighted by molar-refractivity contribution is -0.161. The minimum atomic E-state index is -0.505. The van der Waals surface area contributed by atoms with E-state index in [-0.39, 0.29) is 30.5 Å². The predicted molar refractivity (Wildman–Crippen MR) is 72.0 cm³/mol. The number of carbonyl (C=O) groups is 1. The molecule has 0 radical (unpaired) electrons. The molecule has 0 bridgehead atoms. The lowest BCUT2D eigenvalue weighted by atomic mass is 9.70. The highest BCUT2D eigenvalue weighted by Crippen LogP contribution is 2.36. The molecule has 18 heavy (non-hydrogen) atoms. The van der Waals surface area contributed by atoms with Gasteiger partial charge in [-0.05, 0) is 30.7 Å². The van der Waals surface area contributed by atoms with Crippen LogP contribution < -0.4 is 0 Å². The van der Waals surface area contributed by atoms with E-state index in [4.69, 9.17) is 10.3 Å². The minimum Gasteiger partial charge on any atom is -0.465 e. The van der Waals surface area contributed by atoms with Gasteiger partial charge in [0.2, 0.25) is 0 Å². The van der Waals surface area contributed by atoms with Crippen LogP contribution in [-0.4, -0.2) is 18.6 Å². The van der Waals surface area contributed by atoms with Crippen molar-refractivity contribution in [1.29, 1.82) is 0 Å². The maximum atomic E-state index is 12.2. The third kappa shape index (κ3) is 3.91. The molecule has 0 aromatic heterocycles. The summed E-state index contributed by atoms with van der Waals surface area (Å²) < 4.78 is 5.33. The molecule has 1 atom stereocenters. The Morgan fingerprint density at radius 3 is 2.17 bits per heavy atom. The third-order valence-electron chi connectivity index (χ3n) is 3.93. The van der Waals surface area contributed by atoms with Gasteiger partial charge in [-0.25, -0.2) is 0 Å². The van der Waals surface area contributed by atoms with Crippen molar-refractivity contribution in [2.24, 2.45) is 22.4 Å². The molecule has 0 N–H and O–H groups in total. The number of rotatable bonds is 7. The summed E-state index contributed by atoms with van der Waals surface area (Å²) >= 11 is 0. The summed E-state index contributed by atoms with van der Waals surface area (Å²) in [5.41, 5.74) is 7.88. The predicted octanol–water partition coefficient (Wildman–Crippen LogP) is 3.94. The normalized spacial score (nSPS) is 13.3. The van der Waals surface area contributed by atoms with E-state index < -0.39 is 5.41 Å². The van der Waals surface area contributed by atoms with E-state index >= 15 is 0 Å². The van der Waals surface area contributed by atoms with Crippen LogP contribution in [-0.2, 0) is 9.53 Å². The van der Waals surface area contributed by atoms with Gasteiger partial charge in [0.1, 0.15) is 0 Å². The lowest BCUT2D eigenvalue weighted by Crippen LogP contribution is -2.40. The number of esters is 1. The quantitative estimate of drug-likeness (QED) is 0.299. The zero-order chi connectivity index (χ0) is 14.3. The van der Waals surface area contributed by atoms with E-state index in [9.17, 15) is 4.79 Å². The Hall–Kier alpha value is -1.22. The molecule has 0 rings (SSSR count). The zero-order valence-corrected chi connectivity index (χ0v) is 12.3. The first-order chi connectivity index (χ1) is 8.30. The summed E-state index contributed by atoms with van der Waals surface area (Å²) in [6.07, 6.45) is 0.664. The van der Waals surface area contributed by atoms with Gasteiger partial charge < -0.3 is 4.74 Å². The molecular weight excluding hydrogens is 230 g/mol. The van der Waals surface area contributed by atoms with Crippen LogP contribution in [0.1, 0.15) is 48.0 Å². The molecule has 1 unspecified atom stereocenters. The SMILES string of the molecule is CCC(COC(=O)C(C)(C(C)C)C(C)C)N=[N+]=[N-]. The van der Waals surface area contributed by atoms with Gasteiger partial charge in [0, 0.05) is 4.91 Å². The van der Waals surface area contributed by atoms with Crippen LogP contribution in [0.15, 0.2) is 5.11 Å². The Balaban J connectivity index is 4.68. The van der Waals surface area contributed by atoms with Gasteiger partial charge in [-0.3, -0.25) is 4.79 Å². The van der Waals surface area contributed by atoms with Crippen molar-refractivity contribution in [3.05, 3.63) is 10.4 Å². The average Bonchev–Trinajstić information content (AvgIpc) is 2.32. The molecule has 0 heterocycles. The second-order valence-electron chi connectivity index (χ2n) is 5.46. The maximum absolute atomic E-state index is 12.2. The van der Waals surface area contributed by atoms with Gasteiger partial charge in [-0.2, -0.15) is 0 Å². The van der Waals surface area contributed by atoms with Gasteiger partial charge in [0.15, 0.2) is 0 Å². The summed E-state index contributed by atoms with van der Waals surface area (Å²) in [6.45, 7) is 12.1. The summed E-state index contributed by atoms with van der Waals surface area (Å²) in [6, 6.07) is -0.275. The van der Waals surface area contributed by atoms with Crippen LogP contribution in [0.25, 0.3) is 10.4 Å². The van der Waals surface area contributed by atoms with Crippen LogP contribution in [0.4, 0.5) is 0 Å². The second-order valence-corrected chi connectivity index (χ2v) is 5.46. The van der Waals surface area contributed by atoms with E-state index in [1.54, 1.807) is 0 Å². The minimum absolute atomic E-state index is 0.161. The van der Waals surface area contributed by atoms with Crippen molar-refractivity contribution in [1.82, 2.24) is 0 Å². The van der Waals surface area contributed by atoms with Crippen LogP contribution in [0.2, 0.25) is 0 Å². The standard InChI is InChI=1S/C13H25N3O2/c1-7-11(15-16-14)8-18-12(17)13(6,9(2)3)10(4)5/h9-11H,7-8H2,1-6H3. The van der Waals surface area contributed by atoms with Crippen LogP contribution in [0, 0.1) is 17.3 Å². The molecule has 0 aromatic carbocycles. The molecule has 0 spiro atoms. The van der Waals surface area contributed by atoms with Gasteiger partial charge >= 0.3 is 5.97 Å². The summed E-state index contributed by atoms with van der Waals surface area (Å²) in [4.78, 5) is 15.0. The van der Waals surface area contributed by atoms with Crippen molar-refractivity contribution in [3.63, 3.8) is 0 Å². The van der Waals surface area contributed by atoms with Gasteiger partial charge in [0.25, 0.3) is 0 Å². The molecule has 5 heteroatoms. The Morgan fingerprint density at radius 1 is 1.33 bits per heavy atom. The fourth-order valence-corrected chi connectivity index (χ4v) is 1.77. The number of nitrogens with zero attached hydrogens (tertiary/aromatic N) is 3. The topological polar surface area (TPSA) is 75.1 Å². The summed E-state index contributed by atoms with van der Waals surface area (Å²) in [7, 11) is 0. The Morgan fingerprint density at radius 2 is 1.83 bits per heavy atom. The molecule has 0 saturated carbocycles. The molecular formula is C13H25N3O2. The second kappa shape index (κ2) is 7.27. The van der Waals surface area contributed by atoms with Crippen molar-refractivity contribution in [2.45, 2.75) is 54.0 Å². The molecule has 0 aliphatic carbocycles. The first kappa shape index (κ1) is 16.8. The van der Waals surface area contributed by atoms with Gasteiger partial charge in [-0.1, -0.05) is 39.7 Å². The highest BCUT2D eigenvalue weighted by Gasteiger charge is 2.41. The molecule has 0 aromatic rings. The summed E-state index contributed by atoms with van der Waals surface area (Å²) in [5.74, 6) is 0.188. The first-order valence-electron chi connectivity index (χ1n) is 6.52. The van der Waals surface area contributed by atoms with Crippen LogP contribution in [0.3, 0.4) is 0 Å². The molecule has 0 aliphatic rings. The van der Waals surface area contributed by atoms with Gasteiger partial charge in [-0.15, -0.1) is 0 Å². The van der Waals surface area contributed by atoms with Crippen molar-refractivity contribution < 1.29 is 9.53 Å².